The van der Waals surface area contributed by atoms with Crippen molar-refractivity contribution >= 4 is 5.91 Å². The lowest BCUT2D eigenvalue weighted by molar-refractivity contribution is 0.0936. The fourth-order valence-corrected chi connectivity index (χ4v) is 2.95. The van der Waals surface area contributed by atoms with Crippen molar-refractivity contribution < 1.29 is 14.3 Å². The number of ether oxygens (including phenoxy) is 2. The molecule has 0 bridgehead atoms. The van der Waals surface area contributed by atoms with Crippen molar-refractivity contribution in [2.75, 3.05) is 26.3 Å². The molecule has 0 saturated carbocycles. The van der Waals surface area contributed by atoms with Crippen LogP contribution in [0.4, 0.5) is 0 Å². The molecule has 5 nitrogen and oxygen atoms in total. The summed E-state index contributed by atoms with van der Waals surface area (Å²) in [6.45, 7) is 7.63. The highest BCUT2D eigenvalue weighted by molar-refractivity contribution is 5.95. The maximum atomic E-state index is 12.4. The Hall–Kier alpha value is -1.75. The van der Waals surface area contributed by atoms with Crippen LogP contribution >= 0.6 is 0 Å². The number of hydrogen-bond acceptors (Lipinski definition) is 4. The first-order chi connectivity index (χ1) is 10.6. The lowest BCUT2D eigenvalue weighted by Gasteiger charge is -2.20. The first kappa shape index (κ1) is 15.2. The lowest BCUT2D eigenvalue weighted by Crippen LogP contribution is -2.38. The molecule has 1 aromatic carbocycles. The molecule has 0 radical (unpaired) electrons. The normalized spacial score (nSPS) is 21.7. The van der Waals surface area contributed by atoms with E-state index in [9.17, 15) is 4.79 Å². The third-order valence-electron chi connectivity index (χ3n) is 4.29. The minimum Gasteiger partial charge on any atom is -0.490 e. The average Bonchev–Trinajstić information content (AvgIpc) is 2.84. The predicted molar refractivity (Wildman–Crippen MR) is 84.6 cm³/mol. The summed E-state index contributed by atoms with van der Waals surface area (Å²) in [5.41, 5.74) is 0.632. The molecule has 0 aromatic heterocycles. The predicted octanol–water partition coefficient (Wildman–Crippen LogP) is 2.06. The van der Waals surface area contributed by atoms with E-state index in [0.29, 0.717) is 30.6 Å². The molecule has 1 aromatic rings. The summed E-state index contributed by atoms with van der Waals surface area (Å²) in [5, 5.41) is 3.13. The molecule has 2 aliphatic heterocycles. The van der Waals surface area contributed by atoms with E-state index < -0.39 is 0 Å². The number of fused-ring (bicyclic) bond motifs is 1. The molecule has 0 aliphatic carbocycles. The molecular weight excluding hydrogens is 280 g/mol. The van der Waals surface area contributed by atoms with Gasteiger partial charge in [0, 0.05) is 37.2 Å². The van der Waals surface area contributed by atoms with E-state index in [0.717, 1.165) is 31.7 Å². The van der Waals surface area contributed by atoms with Crippen LogP contribution in [0.25, 0.3) is 0 Å². The highest BCUT2D eigenvalue weighted by atomic mass is 16.5. The van der Waals surface area contributed by atoms with Gasteiger partial charge >= 0.3 is 0 Å². The molecule has 3 rings (SSSR count). The number of hydrogen-bond donors (Lipinski definition) is 1. The van der Waals surface area contributed by atoms with Crippen LogP contribution in [0.1, 0.15) is 37.0 Å². The maximum absolute atomic E-state index is 12.4. The first-order valence-corrected chi connectivity index (χ1v) is 8.08. The quantitative estimate of drug-likeness (QED) is 0.929. The van der Waals surface area contributed by atoms with Crippen LogP contribution in [0.15, 0.2) is 18.2 Å². The number of carbonyl (C=O) groups is 1. The number of nitrogens with zero attached hydrogens (tertiary/aromatic N) is 1. The molecule has 1 saturated heterocycles. The molecule has 120 valence electrons. The number of nitrogens with one attached hydrogen (secondary N) is 1. The Balaban J connectivity index is 1.64. The Bertz CT molecular complexity index is 545. The van der Waals surface area contributed by atoms with Crippen LogP contribution in [-0.2, 0) is 0 Å². The minimum absolute atomic E-state index is 0.0359. The fraction of sp³-hybridized carbons (Fsp3) is 0.588. The third-order valence-corrected chi connectivity index (χ3v) is 4.29. The highest BCUT2D eigenvalue weighted by Crippen LogP contribution is 2.30. The van der Waals surface area contributed by atoms with Gasteiger partial charge in [0.15, 0.2) is 11.5 Å². The maximum Gasteiger partial charge on any atom is 0.251 e. The van der Waals surface area contributed by atoms with Crippen molar-refractivity contribution in [2.45, 2.75) is 38.8 Å². The van der Waals surface area contributed by atoms with Crippen LogP contribution in [0.2, 0.25) is 0 Å². The van der Waals surface area contributed by atoms with Gasteiger partial charge in [0.25, 0.3) is 5.91 Å². The van der Waals surface area contributed by atoms with E-state index >= 15 is 0 Å². The van der Waals surface area contributed by atoms with Gasteiger partial charge in [-0.3, -0.25) is 9.69 Å². The van der Waals surface area contributed by atoms with Gasteiger partial charge in [0.05, 0.1) is 13.2 Å². The number of rotatable bonds is 3. The summed E-state index contributed by atoms with van der Waals surface area (Å²) in [4.78, 5) is 14.8. The molecule has 2 heterocycles. The summed E-state index contributed by atoms with van der Waals surface area (Å²) in [5.74, 6) is 1.35. The average molecular weight is 304 g/mol. The molecule has 0 spiro atoms. The second-order valence-electron chi connectivity index (χ2n) is 6.26. The molecule has 1 atom stereocenters. The molecule has 5 heteroatoms. The van der Waals surface area contributed by atoms with Gasteiger partial charge in [-0.25, -0.2) is 0 Å². The number of amides is 1. The largest absolute Gasteiger partial charge is 0.490 e. The standard InChI is InChI=1S/C17H24N2O3/c1-12(2)19-7-6-14(11-19)18-17(20)13-4-5-15-16(10-13)22-9-3-8-21-15/h4-5,10,12,14H,3,6-9,11H2,1-2H3,(H,18,20)/t14-/m0/s1. The molecule has 1 fully saturated rings. The summed E-state index contributed by atoms with van der Waals surface area (Å²) in [6.07, 6.45) is 1.87. The monoisotopic (exact) mass is 304 g/mol. The summed E-state index contributed by atoms with van der Waals surface area (Å²) in [7, 11) is 0. The Morgan fingerprint density at radius 2 is 2.05 bits per heavy atom. The molecule has 22 heavy (non-hydrogen) atoms. The van der Waals surface area contributed by atoms with E-state index in [4.69, 9.17) is 9.47 Å². The van der Waals surface area contributed by atoms with Crippen molar-refractivity contribution in [3.05, 3.63) is 23.8 Å². The van der Waals surface area contributed by atoms with Crippen molar-refractivity contribution in [3.8, 4) is 11.5 Å². The second-order valence-corrected chi connectivity index (χ2v) is 6.26. The van der Waals surface area contributed by atoms with E-state index in [1.54, 1.807) is 12.1 Å². The van der Waals surface area contributed by atoms with E-state index in [-0.39, 0.29) is 11.9 Å². The SMILES string of the molecule is CC(C)N1CC[C@H](NC(=O)c2ccc3c(c2)OCCCO3)C1. The van der Waals surface area contributed by atoms with Gasteiger partial charge in [-0.05, 0) is 38.5 Å². The molecule has 2 aliphatic rings. The Morgan fingerprint density at radius 3 is 2.77 bits per heavy atom. The van der Waals surface area contributed by atoms with Gasteiger partial charge in [-0.1, -0.05) is 0 Å². The van der Waals surface area contributed by atoms with Crippen LogP contribution in [0.3, 0.4) is 0 Å². The molecule has 0 unspecified atom stereocenters. The third kappa shape index (κ3) is 3.35. The van der Waals surface area contributed by atoms with Gasteiger partial charge < -0.3 is 14.8 Å². The van der Waals surface area contributed by atoms with Crippen LogP contribution in [0, 0.1) is 0 Å². The van der Waals surface area contributed by atoms with E-state index in [2.05, 4.69) is 24.1 Å². The van der Waals surface area contributed by atoms with Crippen molar-refractivity contribution in [3.63, 3.8) is 0 Å². The Labute approximate surface area is 131 Å². The lowest BCUT2D eigenvalue weighted by atomic mass is 10.1. The summed E-state index contributed by atoms with van der Waals surface area (Å²) in [6, 6.07) is 6.17. The zero-order chi connectivity index (χ0) is 15.5. The van der Waals surface area contributed by atoms with Gasteiger partial charge in [-0.2, -0.15) is 0 Å². The van der Waals surface area contributed by atoms with Crippen LogP contribution in [-0.4, -0.2) is 49.2 Å². The second kappa shape index (κ2) is 6.57. The van der Waals surface area contributed by atoms with Gasteiger partial charge in [-0.15, -0.1) is 0 Å². The molecule has 1 N–H and O–H groups in total. The Kier molecular flexibility index (Phi) is 4.52. The molecular formula is C17H24N2O3. The topological polar surface area (TPSA) is 50.8 Å². The number of carbonyl (C=O) groups excluding carboxylic acids is 1. The summed E-state index contributed by atoms with van der Waals surface area (Å²) >= 11 is 0. The highest BCUT2D eigenvalue weighted by Gasteiger charge is 2.26. The zero-order valence-corrected chi connectivity index (χ0v) is 13.3. The van der Waals surface area contributed by atoms with Gasteiger partial charge in [0.1, 0.15) is 0 Å². The van der Waals surface area contributed by atoms with Crippen molar-refractivity contribution in [2.24, 2.45) is 0 Å². The van der Waals surface area contributed by atoms with Crippen LogP contribution < -0.4 is 14.8 Å². The van der Waals surface area contributed by atoms with Crippen molar-refractivity contribution in [1.29, 1.82) is 0 Å². The number of likely N-dealkylation sites (tertiary alicyclic amines) is 1. The van der Waals surface area contributed by atoms with E-state index in [1.165, 1.54) is 0 Å². The number of benzene rings is 1. The minimum atomic E-state index is -0.0359. The summed E-state index contributed by atoms with van der Waals surface area (Å²) < 4.78 is 11.2. The van der Waals surface area contributed by atoms with Crippen molar-refractivity contribution in [1.82, 2.24) is 10.2 Å². The fourth-order valence-electron chi connectivity index (χ4n) is 2.95. The molecule has 1 amide bonds. The Morgan fingerprint density at radius 1 is 1.27 bits per heavy atom. The zero-order valence-electron chi connectivity index (χ0n) is 13.3. The van der Waals surface area contributed by atoms with Crippen LogP contribution in [0.5, 0.6) is 11.5 Å². The first-order valence-electron chi connectivity index (χ1n) is 8.08. The smallest absolute Gasteiger partial charge is 0.251 e. The van der Waals surface area contributed by atoms with Gasteiger partial charge in [0.2, 0.25) is 0 Å². The van der Waals surface area contributed by atoms with E-state index in [1.807, 2.05) is 6.07 Å².